The summed E-state index contributed by atoms with van der Waals surface area (Å²) in [7, 11) is 0. The Balaban J connectivity index is 0.00000121. The zero-order valence-electron chi connectivity index (χ0n) is 6.89. The zero-order valence-corrected chi connectivity index (χ0v) is 6.89. The first-order valence-electron chi connectivity index (χ1n) is 3.77. The van der Waals surface area contributed by atoms with E-state index in [4.69, 9.17) is 5.11 Å². The van der Waals surface area contributed by atoms with Gasteiger partial charge in [-0.05, 0) is 25.5 Å². The molecule has 0 aliphatic heterocycles. The standard InChI is InChI=1S/C9H13NO.K.H/c1-3-10-9-6-8(11)5-4-7(9)2;;/h4-6,10-11H,3H2,1-2H3;;. The minimum atomic E-state index is 0. The van der Waals surface area contributed by atoms with Crippen LogP contribution in [-0.4, -0.2) is 63.0 Å². The number of rotatable bonds is 2. The van der Waals surface area contributed by atoms with E-state index in [2.05, 4.69) is 5.32 Å². The molecule has 1 aromatic carbocycles. The number of aromatic hydroxyl groups is 1. The Kier molecular flexibility index (Phi) is 6.22. The fraction of sp³-hybridized carbons (Fsp3) is 0.333. The number of benzene rings is 1. The molecule has 2 nitrogen and oxygen atoms in total. The fourth-order valence-corrected chi connectivity index (χ4v) is 0.991. The molecule has 0 aliphatic rings. The molecule has 0 saturated heterocycles. The normalized spacial score (nSPS) is 8.83. The second-order valence-corrected chi connectivity index (χ2v) is 2.53. The van der Waals surface area contributed by atoms with E-state index in [1.807, 2.05) is 19.9 Å². The van der Waals surface area contributed by atoms with E-state index in [1.165, 1.54) is 0 Å². The van der Waals surface area contributed by atoms with Gasteiger partial charge in [-0.15, -0.1) is 0 Å². The van der Waals surface area contributed by atoms with Crippen LogP contribution >= 0.6 is 0 Å². The molecule has 12 heavy (non-hydrogen) atoms. The average molecular weight is 191 g/mol. The van der Waals surface area contributed by atoms with Crippen LogP contribution in [0.4, 0.5) is 5.69 Å². The van der Waals surface area contributed by atoms with Gasteiger partial charge in [0.05, 0.1) is 0 Å². The van der Waals surface area contributed by atoms with Crippen LogP contribution in [0.25, 0.3) is 0 Å². The number of aryl methyl sites for hydroxylation is 1. The molecule has 0 spiro atoms. The van der Waals surface area contributed by atoms with E-state index in [1.54, 1.807) is 12.1 Å². The summed E-state index contributed by atoms with van der Waals surface area (Å²) in [5, 5.41) is 12.3. The van der Waals surface area contributed by atoms with Crippen LogP contribution in [0.1, 0.15) is 12.5 Å². The molecule has 0 saturated carbocycles. The predicted molar refractivity (Wildman–Crippen MR) is 54.2 cm³/mol. The molecule has 0 amide bonds. The Morgan fingerprint density at radius 2 is 2.08 bits per heavy atom. The van der Waals surface area contributed by atoms with Crippen molar-refractivity contribution in [2.24, 2.45) is 0 Å². The topological polar surface area (TPSA) is 32.3 Å². The molecule has 0 unspecified atom stereocenters. The Morgan fingerprint density at radius 1 is 1.42 bits per heavy atom. The van der Waals surface area contributed by atoms with Gasteiger partial charge in [0, 0.05) is 18.3 Å². The van der Waals surface area contributed by atoms with Gasteiger partial charge in [0.25, 0.3) is 0 Å². The van der Waals surface area contributed by atoms with E-state index in [9.17, 15) is 0 Å². The molecule has 0 aliphatic carbocycles. The first-order valence-corrected chi connectivity index (χ1v) is 3.77. The second-order valence-electron chi connectivity index (χ2n) is 2.53. The fourth-order valence-electron chi connectivity index (χ4n) is 0.991. The summed E-state index contributed by atoms with van der Waals surface area (Å²) >= 11 is 0. The van der Waals surface area contributed by atoms with Gasteiger partial charge in [-0.25, -0.2) is 0 Å². The summed E-state index contributed by atoms with van der Waals surface area (Å²) in [6.07, 6.45) is 0. The summed E-state index contributed by atoms with van der Waals surface area (Å²) in [6.45, 7) is 4.92. The van der Waals surface area contributed by atoms with E-state index >= 15 is 0 Å². The van der Waals surface area contributed by atoms with Crippen LogP contribution in [0, 0.1) is 6.92 Å². The quantitative estimate of drug-likeness (QED) is 0.694. The molecule has 62 valence electrons. The molecular weight excluding hydrogens is 177 g/mol. The average Bonchev–Trinajstić information content (AvgIpc) is 1.98. The van der Waals surface area contributed by atoms with Gasteiger partial charge >= 0.3 is 51.4 Å². The third kappa shape index (κ3) is 3.45. The second kappa shape index (κ2) is 5.99. The number of nitrogens with one attached hydrogen (secondary N) is 1. The molecule has 3 heteroatoms. The molecule has 0 bridgehead atoms. The summed E-state index contributed by atoms with van der Waals surface area (Å²) in [5.74, 6) is 0.312. The van der Waals surface area contributed by atoms with Gasteiger partial charge < -0.3 is 10.4 Å². The molecule has 0 heterocycles. The first kappa shape index (κ1) is 12.5. The molecule has 0 aromatic heterocycles. The van der Waals surface area contributed by atoms with Crippen molar-refractivity contribution >= 4 is 57.1 Å². The third-order valence-corrected chi connectivity index (χ3v) is 1.59. The maximum absolute atomic E-state index is 9.12. The first-order chi connectivity index (χ1) is 5.24. The van der Waals surface area contributed by atoms with E-state index in [0.29, 0.717) is 5.75 Å². The van der Waals surface area contributed by atoms with Crippen molar-refractivity contribution in [2.45, 2.75) is 13.8 Å². The third-order valence-electron chi connectivity index (χ3n) is 1.59. The predicted octanol–water partition coefficient (Wildman–Crippen LogP) is 1.48. The maximum atomic E-state index is 9.12. The summed E-state index contributed by atoms with van der Waals surface area (Å²) in [4.78, 5) is 0. The number of phenolic OH excluding ortho intramolecular Hbond substituents is 1. The van der Waals surface area contributed by atoms with E-state index in [0.717, 1.165) is 17.8 Å². The van der Waals surface area contributed by atoms with E-state index in [-0.39, 0.29) is 51.4 Å². The number of phenols is 1. The number of hydrogen-bond donors (Lipinski definition) is 2. The van der Waals surface area contributed by atoms with Crippen LogP contribution in [0.2, 0.25) is 0 Å². The van der Waals surface area contributed by atoms with Crippen molar-refractivity contribution in [3.8, 4) is 5.75 Å². The van der Waals surface area contributed by atoms with Gasteiger partial charge in [-0.3, -0.25) is 0 Å². The van der Waals surface area contributed by atoms with Gasteiger partial charge in [0.1, 0.15) is 5.75 Å². The van der Waals surface area contributed by atoms with Crippen LogP contribution in [0.15, 0.2) is 18.2 Å². The van der Waals surface area contributed by atoms with Gasteiger partial charge in [0.2, 0.25) is 0 Å². The minimum absolute atomic E-state index is 0. The van der Waals surface area contributed by atoms with Crippen molar-refractivity contribution < 1.29 is 5.11 Å². The molecule has 2 N–H and O–H groups in total. The molecule has 1 rings (SSSR count). The number of anilines is 1. The molecular formula is C9H14KNO. The SMILES string of the molecule is CCNc1cc(O)ccc1C.[KH]. The summed E-state index contributed by atoms with van der Waals surface area (Å²) in [5.41, 5.74) is 2.16. The molecule has 0 radical (unpaired) electrons. The van der Waals surface area contributed by atoms with Gasteiger partial charge in [-0.1, -0.05) is 6.07 Å². The number of hydrogen-bond acceptors (Lipinski definition) is 2. The van der Waals surface area contributed by atoms with Crippen molar-refractivity contribution in [2.75, 3.05) is 11.9 Å². The molecule has 0 fully saturated rings. The van der Waals surface area contributed by atoms with Crippen molar-refractivity contribution in [1.82, 2.24) is 0 Å². The van der Waals surface area contributed by atoms with Crippen LogP contribution in [-0.2, 0) is 0 Å². The monoisotopic (exact) mass is 191 g/mol. The summed E-state index contributed by atoms with van der Waals surface area (Å²) < 4.78 is 0. The van der Waals surface area contributed by atoms with Crippen molar-refractivity contribution in [1.29, 1.82) is 0 Å². The Labute approximate surface area is 116 Å². The van der Waals surface area contributed by atoms with Crippen molar-refractivity contribution in [3.63, 3.8) is 0 Å². The van der Waals surface area contributed by atoms with Crippen LogP contribution in [0.5, 0.6) is 5.75 Å². The Morgan fingerprint density at radius 3 is 2.67 bits per heavy atom. The van der Waals surface area contributed by atoms with Gasteiger partial charge in [0.15, 0.2) is 0 Å². The van der Waals surface area contributed by atoms with Gasteiger partial charge in [-0.2, -0.15) is 0 Å². The van der Waals surface area contributed by atoms with Crippen LogP contribution in [0.3, 0.4) is 0 Å². The Bertz CT molecular complexity index is 250. The zero-order chi connectivity index (χ0) is 8.27. The Hall–Kier alpha value is 0.456. The van der Waals surface area contributed by atoms with E-state index < -0.39 is 0 Å². The summed E-state index contributed by atoms with van der Waals surface area (Å²) in [6, 6.07) is 5.32. The van der Waals surface area contributed by atoms with Crippen LogP contribution < -0.4 is 5.32 Å². The van der Waals surface area contributed by atoms with Crippen molar-refractivity contribution in [3.05, 3.63) is 23.8 Å². The molecule has 1 aromatic rings. The molecule has 0 atom stereocenters.